The summed E-state index contributed by atoms with van der Waals surface area (Å²) >= 11 is 1.29. The molecule has 31 heavy (non-hydrogen) atoms. The number of piperazine rings is 1. The average molecular weight is 465 g/mol. The summed E-state index contributed by atoms with van der Waals surface area (Å²) in [6, 6.07) is 3.89. The lowest BCUT2D eigenvalue weighted by molar-refractivity contribution is -0.129. The van der Waals surface area contributed by atoms with Crippen LogP contribution in [0, 0.1) is 0 Å². The summed E-state index contributed by atoms with van der Waals surface area (Å²) in [5.74, 6) is 1.08. The van der Waals surface area contributed by atoms with Gasteiger partial charge >= 0.3 is 0 Å². The van der Waals surface area contributed by atoms with Crippen molar-refractivity contribution in [3.8, 4) is 0 Å². The number of hydrogen-bond donors (Lipinski definition) is 0. The molecule has 0 unspecified atom stereocenters. The first kappa shape index (κ1) is 22.4. The average Bonchev–Trinajstić information content (AvgIpc) is 3.48. The fraction of sp³-hybridized carbons (Fsp3) is 0.591. The molecule has 9 heteroatoms. The number of imide groups is 1. The number of amides is 2. The van der Waals surface area contributed by atoms with Gasteiger partial charge in [0.2, 0.25) is 5.91 Å². The third kappa shape index (κ3) is 4.30. The van der Waals surface area contributed by atoms with Gasteiger partial charge in [-0.3, -0.25) is 19.4 Å². The second-order valence-corrected chi connectivity index (χ2v) is 9.86. The third-order valence-electron chi connectivity index (χ3n) is 6.69. The Kier molecular flexibility index (Phi) is 6.79. The molecule has 2 aromatic rings. The highest BCUT2D eigenvalue weighted by Gasteiger charge is 2.53. The van der Waals surface area contributed by atoms with E-state index in [0.717, 1.165) is 88.0 Å². The molecule has 0 radical (unpaired) electrons. The Morgan fingerprint density at radius 1 is 1.03 bits per heavy atom. The lowest BCUT2D eigenvalue weighted by Gasteiger charge is -2.35. The van der Waals surface area contributed by atoms with Crippen LogP contribution in [0.2, 0.25) is 0 Å². The molecule has 4 heterocycles. The second kappa shape index (κ2) is 9.38. The molecule has 0 aromatic carbocycles. The summed E-state index contributed by atoms with van der Waals surface area (Å²) in [6.07, 6.45) is 9.27. The van der Waals surface area contributed by atoms with E-state index in [-0.39, 0.29) is 23.6 Å². The molecule has 1 aliphatic carbocycles. The monoisotopic (exact) mass is 464 g/mol. The number of unbranched alkanes of at least 4 members (excludes halogenated alkanes) is 1. The van der Waals surface area contributed by atoms with Crippen LogP contribution in [0.3, 0.4) is 0 Å². The summed E-state index contributed by atoms with van der Waals surface area (Å²) in [4.78, 5) is 35.9. The number of nitrogens with zero attached hydrogens (tertiary/aromatic N) is 4. The number of anilines is 1. The van der Waals surface area contributed by atoms with Crippen LogP contribution in [0.1, 0.15) is 38.5 Å². The number of halogens is 1. The Morgan fingerprint density at radius 3 is 2.55 bits per heavy atom. The number of carbonyl (C=O) groups excluding carboxylic acids is 2. The molecule has 2 aliphatic heterocycles. The zero-order valence-electron chi connectivity index (χ0n) is 17.6. The molecular formula is C22H29ClN4O3S. The van der Waals surface area contributed by atoms with E-state index in [0.29, 0.717) is 6.54 Å². The van der Waals surface area contributed by atoms with Gasteiger partial charge in [-0.05, 0) is 56.1 Å². The van der Waals surface area contributed by atoms with Crippen molar-refractivity contribution in [3.63, 3.8) is 0 Å². The van der Waals surface area contributed by atoms with E-state index < -0.39 is 4.75 Å². The van der Waals surface area contributed by atoms with Crippen molar-refractivity contribution >= 4 is 52.1 Å². The van der Waals surface area contributed by atoms with Gasteiger partial charge in [0.15, 0.2) is 0 Å². The van der Waals surface area contributed by atoms with Crippen LogP contribution in [0.4, 0.5) is 10.6 Å². The molecule has 168 valence electrons. The predicted molar refractivity (Wildman–Crippen MR) is 125 cm³/mol. The maximum Gasteiger partial charge on any atom is 0.289 e. The number of fused-ring (bicyclic) bond motifs is 1. The number of furan rings is 1. The minimum absolute atomic E-state index is 0. The Bertz CT molecular complexity index is 938. The Hall–Kier alpha value is -1.77. The van der Waals surface area contributed by atoms with Crippen molar-refractivity contribution in [2.24, 2.45) is 0 Å². The third-order valence-corrected chi connectivity index (χ3v) is 8.05. The fourth-order valence-electron chi connectivity index (χ4n) is 4.97. The highest BCUT2D eigenvalue weighted by Crippen LogP contribution is 2.48. The van der Waals surface area contributed by atoms with Crippen molar-refractivity contribution in [2.45, 2.75) is 43.3 Å². The molecule has 1 saturated carbocycles. The first-order valence-electron chi connectivity index (χ1n) is 11.0. The predicted octanol–water partition coefficient (Wildman–Crippen LogP) is 4.16. The van der Waals surface area contributed by atoms with Crippen molar-refractivity contribution in [2.75, 3.05) is 44.2 Å². The number of pyridine rings is 1. The maximum atomic E-state index is 12.7. The first-order valence-corrected chi connectivity index (χ1v) is 11.8. The Morgan fingerprint density at radius 2 is 1.77 bits per heavy atom. The van der Waals surface area contributed by atoms with Gasteiger partial charge in [0.05, 0.1) is 11.6 Å². The van der Waals surface area contributed by atoms with Crippen LogP contribution in [0.15, 0.2) is 29.0 Å². The Labute approximate surface area is 192 Å². The summed E-state index contributed by atoms with van der Waals surface area (Å²) in [5.41, 5.74) is 0.881. The van der Waals surface area contributed by atoms with Crippen molar-refractivity contribution in [3.05, 3.63) is 24.6 Å². The molecule has 1 spiro atoms. The summed E-state index contributed by atoms with van der Waals surface area (Å²) in [6.45, 7) is 5.45. The molecule has 2 amide bonds. The standard InChI is InChI=1S/C22H28N4O3S.ClH/c27-20-22(7-1-2-8-22)30-21(28)26(20)11-4-3-10-24-12-14-25(15-13-24)19-17-6-16-29-18(17)5-9-23-19;/h5-6,9,16H,1-4,7-8,10-15H2;1H. The van der Waals surface area contributed by atoms with Crippen LogP contribution >= 0.6 is 24.2 Å². The smallest absolute Gasteiger partial charge is 0.289 e. The van der Waals surface area contributed by atoms with Crippen LogP contribution in [0.25, 0.3) is 11.0 Å². The molecule has 2 aromatic heterocycles. The minimum atomic E-state index is -0.417. The quantitative estimate of drug-likeness (QED) is 0.594. The van der Waals surface area contributed by atoms with Gasteiger partial charge in [0.25, 0.3) is 5.24 Å². The van der Waals surface area contributed by atoms with Crippen LogP contribution in [0.5, 0.6) is 0 Å². The van der Waals surface area contributed by atoms with Gasteiger partial charge in [-0.1, -0.05) is 12.8 Å². The van der Waals surface area contributed by atoms with E-state index in [1.54, 1.807) is 6.26 Å². The molecule has 0 atom stereocenters. The Balaban J connectivity index is 0.00000231. The minimum Gasteiger partial charge on any atom is -0.464 e. The number of aromatic nitrogens is 1. The van der Waals surface area contributed by atoms with Crippen molar-refractivity contribution < 1.29 is 14.0 Å². The SMILES string of the molecule is Cl.O=C1SC2(CCCC2)C(=O)N1CCCCN1CCN(c2nccc3occc23)CC1. The maximum absolute atomic E-state index is 12.7. The first-order chi connectivity index (χ1) is 14.7. The van der Waals surface area contributed by atoms with E-state index in [9.17, 15) is 9.59 Å². The normalized spacial score (nSPS) is 21.4. The van der Waals surface area contributed by atoms with E-state index in [4.69, 9.17) is 4.42 Å². The fourth-order valence-corrected chi connectivity index (χ4v) is 6.28. The van der Waals surface area contributed by atoms with E-state index in [2.05, 4.69) is 14.8 Å². The van der Waals surface area contributed by atoms with Gasteiger partial charge < -0.3 is 9.32 Å². The highest BCUT2D eigenvalue weighted by atomic mass is 35.5. The number of carbonyl (C=O) groups is 2. The zero-order chi connectivity index (χ0) is 20.6. The second-order valence-electron chi connectivity index (χ2n) is 8.53. The number of thioether (sulfide) groups is 1. The molecule has 2 saturated heterocycles. The van der Waals surface area contributed by atoms with Gasteiger partial charge in [-0.15, -0.1) is 12.4 Å². The molecule has 3 fully saturated rings. The number of rotatable bonds is 6. The van der Waals surface area contributed by atoms with E-state index in [1.807, 2.05) is 18.3 Å². The van der Waals surface area contributed by atoms with Crippen molar-refractivity contribution in [1.82, 2.24) is 14.8 Å². The lowest BCUT2D eigenvalue weighted by Crippen LogP contribution is -2.47. The molecule has 0 bridgehead atoms. The number of hydrogen-bond acceptors (Lipinski definition) is 7. The van der Waals surface area contributed by atoms with Gasteiger partial charge in [-0.25, -0.2) is 4.98 Å². The van der Waals surface area contributed by atoms with Crippen LogP contribution in [-0.2, 0) is 4.79 Å². The van der Waals surface area contributed by atoms with Crippen molar-refractivity contribution in [1.29, 1.82) is 0 Å². The van der Waals surface area contributed by atoms with Gasteiger partial charge in [0, 0.05) is 38.9 Å². The lowest BCUT2D eigenvalue weighted by atomic mass is 10.1. The largest absolute Gasteiger partial charge is 0.464 e. The molecule has 5 rings (SSSR count). The summed E-state index contributed by atoms with van der Waals surface area (Å²) < 4.78 is 5.08. The summed E-state index contributed by atoms with van der Waals surface area (Å²) in [7, 11) is 0. The van der Waals surface area contributed by atoms with Crippen LogP contribution in [-0.4, -0.2) is 69.9 Å². The zero-order valence-corrected chi connectivity index (χ0v) is 19.3. The van der Waals surface area contributed by atoms with Gasteiger partial charge in [-0.2, -0.15) is 0 Å². The van der Waals surface area contributed by atoms with E-state index in [1.165, 1.54) is 16.7 Å². The molecule has 3 aliphatic rings. The molecule has 0 N–H and O–H groups in total. The molecule has 7 nitrogen and oxygen atoms in total. The van der Waals surface area contributed by atoms with Crippen LogP contribution < -0.4 is 4.90 Å². The molecular weight excluding hydrogens is 436 g/mol. The summed E-state index contributed by atoms with van der Waals surface area (Å²) in [5, 5.41) is 1.04. The highest BCUT2D eigenvalue weighted by molar-refractivity contribution is 8.16. The van der Waals surface area contributed by atoms with E-state index >= 15 is 0 Å². The van der Waals surface area contributed by atoms with Gasteiger partial charge in [0.1, 0.15) is 16.1 Å². The topological polar surface area (TPSA) is 69.9 Å².